The first kappa shape index (κ1) is 44.5. The van der Waals surface area contributed by atoms with Crippen molar-refractivity contribution >= 4 is 41.4 Å². The molecule has 0 aliphatic carbocycles. The highest BCUT2D eigenvalue weighted by atomic mass is 19.1. The molecule has 0 saturated carbocycles. The Bertz CT molecular complexity index is 2060. The summed E-state index contributed by atoms with van der Waals surface area (Å²) in [5, 5.41) is 17.6. The molecule has 0 unspecified atom stereocenters. The highest BCUT2D eigenvalue weighted by Crippen LogP contribution is 2.41. The Balaban J connectivity index is 1.53. The first-order valence-corrected chi connectivity index (χ1v) is 18.8. The van der Waals surface area contributed by atoms with Crippen LogP contribution in [0.4, 0.5) is 8.78 Å². The minimum Gasteiger partial charge on any atom is -0.480 e. The lowest BCUT2D eigenvalue weighted by Crippen LogP contribution is -2.57. The number of carboxylic acid groups (broad SMARTS) is 1. The number of aliphatic carboxylic acids is 1. The normalized spacial score (nSPS) is 14.8. The molecule has 1 aliphatic heterocycles. The summed E-state index contributed by atoms with van der Waals surface area (Å²) in [6, 6.07) is 9.60. The zero-order chi connectivity index (χ0) is 43.1. The van der Waals surface area contributed by atoms with Gasteiger partial charge in [-0.05, 0) is 54.5 Å². The first-order chi connectivity index (χ1) is 27.2. The molecule has 4 rings (SSSR count). The second-order valence-corrected chi connectivity index (χ2v) is 15.7. The van der Waals surface area contributed by atoms with E-state index in [1.54, 1.807) is 26.1 Å². The van der Waals surface area contributed by atoms with Gasteiger partial charge in [-0.1, -0.05) is 65.0 Å². The average Bonchev–Trinajstić information content (AvgIpc) is 3.69. The van der Waals surface area contributed by atoms with E-state index < -0.39 is 95.1 Å². The molecule has 0 radical (unpaired) electrons. The maximum absolute atomic E-state index is 15.1. The van der Waals surface area contributed by atoms with Gasteiger partial charge in [-0.15, -0.1) is 0 Å². The lowest BCUT2D eigenvalue weighted by molar-refractivity contribution is -0.143. The van der Waals surface area contributed by atoms with Crippen molar-refractivity contribution in [2.24, 2.45) is 11.3 Å². The van der Waals surface area contributed by atoms with E-state index in [9.17, 15) is 43.1 Å². The second-order valence-electron chi connectivity index (χ2n) is 15.7. The molecule has 6 amide bonds. The highest BCUT2D eigenvalue weighted by molar-refractivity contribution is 6.14. The zero-order valence-corrected chi connectivity index (χ0v) is 33.5. The van der Waals surface area contributed by atoms with Crippen molar-refractivity contribution in [3.8, 4) is 11.1 Å². The number of amides is 6. The Kier molecular flexibility index (Phi) is 14.5. The summed E-state index contributed by atoms with van der Waals surface area (Å²) in [6.45, 7) is 11.2. The number of imide groups is 1. The lowest BCUT2D eigenvalue weighted by atomic mass is 9.82. The number of nitrogens with zero attached hydrogens (tertiary/aromatic N) is 3. The van der Waals surface area contributed by atoms with Gasteiger partial charge in [-0.3, -0.25) is 33.7 Å². The van der Waals surface area contributed by atoms with Crippen LogP contribution in [0.1, 0.15) is 72.2 Å². The number of hydrogen-bond acceptors (Lipinski definition) is 7. The minimum atomic E-state index is -1.51. The molecule has 4 N–H and O–H groups in total. The van der Waals surface area contributed by atoms with Gasteiger partial charge >= 0.3 is 5.97 Å². The van der Waals surface area contributed by atoms with E-state index in [1.807, 2.05) is 55.7 Å². The van der Waals surface area contributed by atoms with Crippen LogP contribution in [0.15, 0.2) is 72.9 Å². The molecule has 4 atom stereocenters. The molecular formula is C42H50F2N6O8. The summed E-state index contributed by atoms with van der Waals surface area (Å²) in [7, 11) is 0. The smallest absolute Gasteiger partial charge is 0.326 e. The third-order valence-electron chi connectivity index (χ3n) is 9.67. The van der Waals surface area contributed by atoms with E-state index in [4.69, 9.17) is 0 Å². The van der Waals surface area contributed by atoms with Crippen molar-refractivity contribution in [1.29, 1.82) is 0 Å². The average molecular weight is 805 g/mol. The van der Waals surface area contributed by atoms with Gasteiger partial charge in [0.05, 0.1) is 6.04 Å². The van der Waals surface area contributed by atoms with Gasteiger partial charge in [-0.2, -0.15) is 0 Å². The fourth-order valence-electron chi connectivity index (χ4n) is 6.76. The van der Waals surface area contributed by atoms with Crippen LogP contribution in [0.3, 0.4) is 0 Å². The molecule has 0 fully saturated rings. The van der Waals surface area contributed by atoms with Crippen LogP contribution in [0.5, 0.6) is 0 Å². The van der Waals surface area contributed by atoms with E-state index >= 15 is 4.39 Å². The van der Waals surface area contributed by atoms with Crippen molar-refractivity contribution in [2.75, 3.05) is 13.1 Å². The van der Waals surface area contributed by atoms with Gasteiger partial charge in [0, 0.05) is 55.2 Å². The summed E-state index contributed by atoms with van der Waals surface area (Å²) in [5.41, 5.74) is 1.20. The Hall–Kier alpha value is -6.19. The molecule has 58 heavy (non-hydrogen) atoms. The topological polar surface area (TPSA) is 187 Å². The number of carbonyl (C=O) groups excluding carboxylic acids is 6. The number of nitrogens with one attached hydrogen (secondary N) is 3. The van der Waals surface area contributed by atoms with E-state index in [0.717, 1.165) is 35.9 Å². The Morgan fingerprint density at radius 3 is 2.07 bits per heavy atom. The molecule has 0 saturated heterocycles. The van der Waals surface area contributed by atoms with E-state index in [1.165, 1.54) is 18.7 Å². The number of aromatic nitrogens is 1. The molecule has 2 aromatic carbocycles. The van der Waals surface area contributed by atoms with Gasteiger partial charge in [0.25, 0.3) is 11.8 Å². The lowest BCUT2D eigenvalue weighted by Gasteiger charge is -2.41. The molecule has 0 spiro atoms. The SMILES string of the molecule is CC(=O)N(CC[C@H](NC(=O)[C@H](C)NC(=O)[C@@H](NC(=O)CN1C(=O)C=CC1=O)C(C)C)C(=O)O)[C@@H](c1cc(-c2cc(F)ccc2F)cn1Cc1ccccc1)C(C)(C)C. The summed E-state index contributed by atoms with van der Waals surface area (Å²) >= 11 is 0. The molecule has 1 aromatic heterocycles. The maximum atomic E-state index is 15.1. The van der Waals surface area contributed by atoms with Gasteiger partial charge in [-0.25, -0.2) is 13.6 Å². The molecule has 3 aromatic rings. The largest absolute Gasteiger partial charge is 0.480 e. The van der Waals surface area contributed by atoms with Gasteiger partial charge < -0.3 is 30.5 Å². The third-order valence-corrected chi connectivity index (χ3v) is 9.67. The second kappa shape index (κ2) is 18.8. The Morgan fingerprint density at radius 1 is 0.862 bits per heavy atom. The quantitative estimate of drug-likeness (QED) is 0.148. The van der Waals surface area contributed by atoms with Crippen molar-refractivity contribution in [1.82, 2.24) is 30.3 Å². The standard InChI is InChI=1S/C42H50F2N6O8/c1-24(2)37(47-34(52)23-50-35(53)15-16-36(50)54)40(56)45-25(3)39(55)46-32(41(57)58)17-18-49(26(4)51)38(42(5,6)7)33-19-28(30-20-29(43)13-14-31(30)44)22-48(33)21-27-11-9-8-10-12-27/h8-16,19-20,22,24-25,32,37-38H,17-18,21,23H2,1-7H3,(H,45,56)(H,46,55)(H,47,52)(H,57,58)/t25-,32-,37-,38-/m0/s1. The molecule has 2 heterocycles. The van der Waals surface area contributed by atoms with Crippen LogP contribution >= 0.6 is 0 Å². The van der Waals surface area contributed by atoms with Gasteiger partial charge in [0.2, 0.25) is 23.6 Å². The molecule has 0 bridgehead atoms. The zero-order valence-electron chi connectivity index (χ0n) is 33.5. The number of carboxylic acids is 1. The number of rotatable bonds is 17. The van der Waals surface area contributed by atoms with Crippen LogP contribution in [0.2, 0.25) is 0 Å². The van der Waals surface area contributed by atoms with Crippen molar-refractivity contribution in [2.45, 2.75) is 85.6 Å². The highest BCUT2D eigenvalue weighted by Gasteiger charge is 2.38. The summed E-state index contributed by atoms with van der Waals surface area (Å²) in [6.07, 6.45) is 3.49. The summed E-state index contributed by atoms with van der Waals surface area (Å²) in [4.78, 5) is 91.1. The van der Waals surface area contributed by atoms with Gasteiger partial charge in [0.15, 0.2) is 0 Å². The van der Waals surface area contributed by atoms with Crippen LogP contribution in [0, 0.1) is 23.0 Å². The van der Waals surface area contributed by atoms with E-state index in [0.29, 0.717) is 22.7 Å². The Morgan fingerprint density at radius 2 is 1.50 bits per heavy atom. The number of benzene rings is 2. The predicted molar refractivity (Wildman–Crippen MR) is 209 cm³/mol. The summed E-state index contributed by atoms with van der Waals surface area (Å²) < 4.78 is 31.3. The fourth-order valence-corrected chi connectivity index (χ4v) is 6.76. The third kappa shape index (κ3) is 11.2. The molecule has 16 heteroatoms. The predicted octanol–water partition coefficient (Wildman–Crippen LogP) is 3.95. The van der Waals surface area contributed by atoms with Crippen molar-refractivity contribution in [3.63, 3.8) is 0 Å². The maximum Gasteiger partial charge on any atom is 0.326 e. The molecule has 14 nitrogen and oxygen atoms in total. The number of hydrogen-bond donors (Lipinski definition) is 4. The minimum absolute atomic E-state index is 0.0275. The fraction of sp³-hybridized carbons (Fsp3) is 0.405. The van der Waals surface area contributed by atoms with Crippen LogP contribution in [-0.4, -0.2) is 92.1 Å². The monoisotopic (exact) mass is 804 g/mol. The van der Waals surface area contributed by atoms with Gasteiger partial charge in [0.1, 0.15) is 36.3 Å². The van der Waals surface area contributed by atoms with Crippen LogP contribution < -0.4 is 16.0 Å². The van der Waals surface area contributed by atoms with Crippen molar-refractivity contribution < 1.29 is 47.4 Å². The molecular weight excluding hydrogens is 754 g/mol. The Labute approximate surface area is 335 Å². The number of halogens is 2. The van der Waals surface area contributed by atoms with Crippen LogP contribution in [-0.2, 0) is 40.1 Å². The number of carbonyl (C=O) groups is 7. The molecule has 310 valence electrons. The van der Waals surface area contributed by atoms with E-state index in [2.05, 4.69) is 16.0 Å². The van der Waals surface area contributed by atoms with E-state index in [-0.39, 0.29) is 18.5 Å². The first-order valence-electron chi connectivity index (χ1n) is 18.8. The summed E-state index contributed by atoms with van der Waals surface area (Å²) in [5.74, 6) is -7.29. The van der Waals surface area contributed by atoms with Crippen molar-refractivity contribution in [3.05, 3.63) is 95.8 Å². The van der Waals surface area contributed by atoms with Crippen LogP contribution in [0.25, 0.3) is 11.1 Å². The molecule has 1 aliphatic rings.